The minimum absolute atomic E-state index is 0. The van der Waals surface area contributed by atoms with E-state index in [1.54, 1.807) is 0 Å². The van der Waals surface area contributed by atoms with Crippen molar-refractivity contribution < 1.29 is 17.4 Å². The predicted octanol–water partition coefficient (Wildman–Crippen LogP) is 0.163. The van der Waals surface area contributed by atoms with E-state index in [1.807, 2.05) is 18.3 Å². The van der Waals surface area contributed by atoms with Gasteiger partial charge in [0.15, 0.2) is 6.20 Å². The smallest absolute Gasteiger partial charge is 0.214 e. The summed E-state index contributed by atoms with van der Waals surface area (Å²) in [6.45, 7) is 10.2. The lowest BCUT2D eigenvalue weighted by Gasteiger charge is -2.20. The Morgan fingerprint density at radius 1 is 1.22 bits per heavy atom. The van der Waals surface area contributed by atoms with Gasteiger partial charge in [-0.05, 0) is 51.5 Å². The van der Waals surface area contributed by atoms with Crippen LogP contribution >= 0.6 is 0 Å². The second-order valence-corrected chi connectivity index (χ2v) is 5.91. The van der Waals surface area contributed by atoms with Crippen LogP contribution in [-0.2, 0) is 0 Å². The molecule has 0 saturated carbocycles. The number of halogens is 1. The van der Waals surface area contributed by atoms with Crippen LogP contribution in [0.25, 0.3) is 10.9 Å². The van der Waals surface area contributed by atoms with Crippen LogP contribution in [0.15, 0.2) is 30.5 Å². The van der Waals surface area contributed by atoms with Gasteiger partial charge < -0.3 is 28.4 Å². The second kappa shape index (κ2) is 9.58. The number of anilines is 2. The molecule has 1 atom stereocenters. The summed E-state index contributed by atoms with van der Waals surface area (Å²) in [6.07, 6.45) is 4.36. The number of pyridine rings is 1. The van der Waals surface area contributed by atoms with Crippen molar-refractivity contribution in [3.63, 3.8) is 0 Å². The Bertz CT molecular complexity index is 599. The molecule has 0 radical (unpaired) electrons. The van der Waals surface area contributed by atoms with Crippen molar-refractivity contribution in [3.05, 3.63) is 30.5 Å². The highest BCUT2D eigenvalue weighted by Gasteiger charge is 2.10. The first-order valence-electron chi connectivity index (χ1n) is 8.32. The van der Waals surface area contributed by atoms with Crippen LogP contribution in [0.2, 0.25) is 0 Å². The van der Waals surface area contributed by atoms with Crippen molar-refractivity contribution in [2.24, 2.45) is 0 Å². The van der Waals surface area contributed by atoms with Crippen LogP contribution in [0.3, 0.4) is 0 Å². The number of rotatable bonds is 8. The number of hydrogen-bond acceptors (Lipinski definition) is 3. The summed E-state index contributed by atoms with van der Waals surface area (Å²) in [6, 6.07) is 8.56. The molecule has 4 N–H and O–H groups in total. The number of nitrogens with zero attached hydrogens (tertiary/aromatic N) is 1. The van der Waals surface area contributed by atoms with Crippen molar-refractivity contribution in [3.8, 4) is 0 Å². The van der Waals surface area contributed by atoms with E-state index >= 15 is 0 Å². The van der Waals surface area contributed by atoms with E-state index < -0.39 is 0 Å². The molecule has 0 bridgehead atoms. The molecule has 1 aromatic carbocycles. The molecule has 0 aliphatic rings. The number of nitrogens with two attached hydrogens (primary N) is 1. The Hall–Kier alpha value is -1.52. The van der Waals surface area contributed by atoms with Crippen molar-refractivity contribution in [2.75, 3.05) is 30.7 Å². The minimum atomic E-state index is 0. The van der Waals surface area contributed by atoms with E-state index in [1.165, 1.54) is 30.5 Å². The zero-order valence-corrected chi connectivity index (χ0v) is 15.2. The van der Waals surface area contributed by atoms with Gasteiger partial charge in [0, 0.05) is 23.9 Å². The highest BCUT2D eigenvalue weighted by molar-refractivity contribution is 5.90. The quantitative estimate of drug-likeness (QED) is 0.675. The molecule has 2 rings (SSSR count). The second-order valence-electron chi connectivity index (χ2n) is 5.91. The molecule has 0 spiro atoms. The zero-order valence-electron chi connectivity index (χ0n) is 14.4. The van der Waals surface area contributed by atoms with Crippen LogP contribution in [-0.4, -0.2) is 30.6 Å². The van der Waals surface area contributed by atoms with Gasteiger partial charge in [-0.3, -0.25) is 0 Å². The molecular weight excluding hydrogens is 308 g/mol. The van der Waals surface area contributed by atoms with Gasteiger partial charge in [0.05, 0.1) is 11.1 Å². The van der Waals surface area contributed by atoms with Crippen molar-refractivity contribution in [1.82, 2.24) is 4.90 Å². The largest absolute Gasteiger partial charge is 1.00 e. The number of fused-ring (bicyclic) bond motifs is 1. The van der Waals surface area contributed by atoms with Gasteiger partial charge in [-0.15, -0.1) is 0 Å². The topological polar surface area (TPSA) is 55.4 Å². The molecule has 0 fully saturated rings. The molecule has 1 heterocycles. The van der Waals surface area contributed by atoms with Crippen LogP contribution in [0.1, 0.15) is 33.6 Å². The molecule has 5 heteroatoms. The lowest BCUT2D eigenvalue weighted by molar-refractivity contribution is -0.344. The van der Waals surface area contributed by atoms with Crippen LogP contribution < -0.4 is 28.4 Å². The summed E-state index contributed by atoms with van der Waals surface area (Å²) in [5.74, 6) is 0. The number of benzene rings is 1. The van der Waals surface area contributed by atoms with Gasteiger partial charge in [-0.1, -0.05) is 13.8 Å². The van der Waals surface area contributed by atoms with Gasteiger partial charge in [0.25, 0.3) is 0 Å². The van der Waals surface area contributed by atoms with Crippen LogP contribution in [0.5, 0.6) is 0 Å². The predicted molar refractivity (Wildman–Crippen MR) is 95.0 cm³/mol. The lowest BCUT2D eigenvalue weighted by Crippen LogP contribution is -3.00. The van der Waals surface area contributed by atoms with Gasteiger partial charge in [0.1, 0.15) is 0 Å². The molecule has 4 nitrogen and oxygen atoms in total. The fraction of sp³-hybridized carbons (Fsp3) is 0.500. The van der Waals surface area contributed by atoms with E-state index in [0.717, 1.165) is 24.3 Å². The van der Waals surface area contributed by atoms with Crippen LogP contribution in [0, 0.1) is 0 Å². The maximum Gasteiger partial charge on any atom is 0.214 e. The summed E-state index contributed by atoms with van der Waals surface area (Å²) in [4.78, 5) is 5.73. The Morgan fingerprint density at radius 2 is 1.96 bits per heavy atom. The van der Waals surface area contributed by atoms with E-state index in [9.17, 15) is 0 Å². The summed E-state index contributed by atoms with van der Waals surface area (Å²) in [5, 5.41) is 4.82. The maximum absolute atomic E-state index is 5.85. The monoisotopic (exact) mass is 336 g/mol. The molecule has 1 unspecified atom stereocenters. The van der Waals surface area contributed by atoms with Crippen molar-refractivity contribution >= 4 is 22.3 Å². The Balaban J connectivity index is 0.00000264. The molecule has 0 aliphatic carbocycles. The van der Waals surface area contributed by atoms with Crippen molar-refractivity contribution in [2.45, 2.75) is 39.7 Å². The summed E-state index contributed by atoms with van der Waals surface area (Å²) >= 11 is 0. The average Bonchev–Trinajstić information content (AvgIpc) is 2.51. The molecule has 1 aromatic heterocycles. The highest BCUT2D eigenvalue weighted by Crippen LogP contribution is 2.22. The number of nitrogen functional groups attached to an aromatic ring is 1. The van der Waals surface area contributed by atoms with Gasteiger partial charge in [0.2, 0.25) is 5.52 Å². The summed E-state index contributed by atoms with van der Waals surface area (Å²) in [5.41, 5.74) is 8.88. The van der Waals surface area contributed by atoms with E-state index in [0.29, 0.717) is 6.04 Å². The van der Waals surface area contributed by atoms with Gasteiger partial charge in [-0.2, -0.15) is 0 Å². The molecular formula is C18H29ClN4. The Morgan fingerprint density at radius 3 is 2.65 bits per heavy atom. The highest BCUT2D eigenvalue weighted by atomic mass is 35.5. The fourth-order valence-corrected chi connectivity index (χ4v) is 2.85. The standard InChI is InChI=1S/C18H28N4.ClH/c1-4-22(5-2)12-6-7-14(3)21-17-10-11-20-18-13-15(19)8-9-16(17)18;/h8-11,13-14H,4-7,12,19H2,1-3H3,(H,20,21);1H. The third-order valence-corrected chi connectivity index (χ3v) is 4.23. The Kier molecular flexibility index (Phi) is 8.13. The minimum Gasteiger partial charge on any atom is -1.00 e. The number of nitrogens with one attached hydrogen (secondary N) is 2. The van der Waals surface area contributed by atoms with Gasteiger partial charge >= 0.3 is 0 Å². The number of aromatic nitrogens is 1. The fourth-order valence-electron chi connectivity index (χ4n) is 2.85. The molecule has 0 amide bonds. The lowest BCUT2D eigenvalue weighted by atomic mass is 10.1. The first kappa shape index (κ1) is 19.5. The SMILES string of the molecule is CCN(CC)CCCC(C)Nc1cc[nH+]c2cc(N)ccc12.[Cl-]. The van der Waals surface area contributed by atoms with Crippen molar-refractivity contribution in [1.29, 1.82) is 0 Å². The third-order valence-electron chi connectivity index (χ3n) is 4.23. The first-order chi connectivity index (χ1) is 10.6. The molecule has 128 valence electrons. The normalized spacial score (nSPS) is 12.2. The molecule has 0 aliphatic heterocycles. The summed E-state index contributed by atoms with van der Waals surface area (Å²) < 4.78 is 0. The van der Waals surface area contributed by atoms with Crippen LogP contribution in [0.4, 0.5) is 11.4 Å². The molecule has 2 aromatic rings. The van der Waals surface area contributed by atoms with E-state index in [2.05, 4.69) is 48.1 Å². The first-order valence-corrected chi connectivity index (χ1v) is 8.32. The maximum atomic E-state index is 5.85. The van der Waals surface area contributed by atoms with E-state index in [-0.39, 0.29) is 12.4 Å². The number of hydrogen-bond donors (Lipinski definition) is 2. The molecule has 23 heavy (non-hydrogen) atoms. The number of H-pyrrole nitrogens is 1. The van der Waals surface area contributed by atoms with Gasteiger partial charge in [-0.25, -0.2) is 4.98 Å². The number of aromatic amines is 1. The molecule has 0 saturated heterocycles. The Labute approximate surface area is 145 Å². The third kappa shape index (κ3) is 5.56. The average molecular weight is 337 g/mol. The summed E-state index contributed by atoms with van der Waals surface area (Å²) in [7, 11) is 0. The van der Waals surface area contributed by atoms with E-state index in [4.69, 9.17) is 5.73 Å². The zero-order chi connectivity index (χ0) is 15.9.